The van der Waals surface area contributed by atoms with Crippen LogP contribution in [0, 0.1) is 0 Å². The highest BCUT2D eigenvalue weighted by molar-refractivity contribution is 6.36. The molecule has 0 bridgehead atoms. The van der Waals surface area contributed by atoms with Crippen molar-refractivity contribution in [3.8, 4) is 17.2 Å². The van der Waals surface area contributed by atoms with E-state index in [1.165, 1.54) is 19.1 Å². The van der Waals surface area contributed by atoms with Crippen LogP contribution in [-0.4, -0.2) is 57.8 Å². The fourth-order valence-corrected chi connectivity index (χ4v) is 3.44. The summed E-state index contributed by atoms with van der Waals surface area (Å²) in [6, 6.07) is 12.3. The standard InChI is InChI=1S/C24H28N2O6/c1-5-32-14-6-13-26-23(27)21(16-7-12-19(30-3)20(15-16)31-4)22(24(26)28)25-17-8-10-18(29-2)11-9-17/h7-12,15,25H,5-6,13-14H2,1-4H3. The Morgan fingerprint density at radius 2 is 1.59 bits per heavy atom. The van der Waals surface area contributed by atoms with Gasteiger partial charge in [0, 0.05) is 25.4 Å². The van der Waals surface area contributed by atoms with Crippen molar-refractivity contribution in [2.24, 2.45) is 0 Å². The molecule has 8 nitrogen and oxygen atoms in total. The molecule has 8 heteroatoms. The number of carbonyl (C=O) groups is 2. The minimum atomic E-state index is -0.382. The summed E-state index contributed by atoms with van der Waals surface area (Å²) in [6.07, 6.45) is 0.556. The molecule has 1 N–H and O–H groups in total. The smallest absolute Gasteiger partial charge is 0.278 e. The third-order valence-electron chi connectivity index (χ3n) is 5.07. The van der Waals surface area contributed by atoms with Gasteiger partial charge in [0.1, 0.15) is 11.4 Å². The molecule has 0 saturated carbocycles. The van der Waals surface area contributed by atoms with Gasteiger partial charge in [0.05, 0.1) is 26.9 Å². The van der Waals surface area contributed by atoms with Crippen molar-refractivity contribution in [2.75, 3.05) is 46.4 Å². The fraction of sp³-hybridized carbons (Fsp3) is 0.333. The number of hydrogen-bond acceptors (Lipinski definition) is 7. The topological polar surface area (TPSA) is 86.3 Å². The van der Waals surface area contributed by atoms with Gasteiger partial charge < -0.3 is 24.3 Å². The van der Waals surface area contributed by atoms with Crippen molar-refractivity contribution in [1.82, 2.24) is 4.90 Å². The van der Waals surface area contributed by atoms with Gasteiger partial charge in [0.2, 0.25) is 0 Å². The molecule has 1 heterocycles. The van der Waals surface area contributed by atoms with E-state index in [0.29, 0.717) is 48.1 Å². The summed E-state index contributed by atoms with van der Waals surface area (Å²) in [5.74, 6) is 0.945. The number of amides is 2. The SMILES string of the molecule is CCOCCCN1C(=O)C(Nc2ccc(OC)cc2)=C(c2ccc(OC)c(OC)c2)C1=O. The van der Waals surface area contributed by atoms with Gasteiger partial charge in [0.25, 0.3) is 11.8 Å². The Balaban J connectivity index is 1.98. The number of anilines is 1. The van der Waals surface area contributed by atoms with Gasteiger partial charge in [-0.3, -0.25) is 14.5 Å². The maximum absolute atomic E-state index is 13.3. The third kappa shape index (κ3) is 4.86. The maximum atomic E-state index is 13.3. The Labute approximate surface area is 187 Å². The van der Waals surface area contributed by atoms with Crippen LogP contribution in [0.4, 0.5) is 5.69 Å². The van der Waals surface area contributed by atoms with Crippen molar-refractivity contribution in [2.45, 2.75) is 13.3 Å². The minimum Gasteiger partial charge on any atom is -0.497 e. The summed E-state index contributed by atoms with van der Waals surface area (Å²) in [7, 11) is 4.64. The van der Waals surface area contributed by atoms with Crippen LogP contribution in [0.1, 0.15) is 18.9 Å². The number of nitrogens with zero attached hydrogens (tertiary/aromatic N) is 1. The van der Waals surface area contributed by atoms with Crippen LogP contribution in [0.2, 0.25) is 0 Å². The minimum absolute atomic E-state index is 0.212. The van der Waals surface area contributed by atoms with Crippen molar-refractivity contribution < 1.29 is 28.5 Å². The van der Waals surface area contributed by atoms with Gasteiger partial charge in [-0.25, -0.2) is 0 Å². The van der Waals surface area contributed by atoms with Gasteiger partial charge in [-0.15, -0.1) is 0 Å². The Morgan fingerprint density at radius 3 is 2.22 bits per heavy atom. The Bertz CT molecular complexity index is 1000. The van der Waals surface area contributed by atoms with Crippen LogP contribution in [-0.2, 0) is 14.3 Å². The number of hydrogen-bond donors (Lipinski definition) is 1. The molecule has 0 saturated heterocycles. The molecule has 0 unspecified atom stereocenters. The number of ether oxygens (including phenoxy) is 4. The van der Waals surface area contributed by atoms with E-state index in [-0.39, 0.29) is 29.6 Å². The number of benzene rings is 2. The van der Waals surface area contributed by atoms with E-state index in [9.17, 15) is 9.59 Å². The van der Waals surface area contributed by atoms with Crippen molar-refractivity contribution in [3.63, 3.8) is 0 Å². The lowest BCUT2D eigenvalue weighted by Crippen LogP contribution is -2.34. The van der Waals surface area contributed by atoms with Crippen LogP contribution in [0.15, 0.2) is 48.2 Å². The van der Waals surface area contributed by atoms with Crippen molar-refractivity contribution in [3.05, 3.63) is 53.7 Å². The van der Waals surface area contributed by atoms with E-state index in [0.717, 1.165) is 0 Å². The highest BCUT2D eigenvalue weighted by Gasteiger charge is 2.39. The highest BCUT2D eigenvalue weighted by atomic mass is 16.5. The largest absolute Gasteiger partial charge is 0.497 e. The Morgan fingerprint density at radius 1 is 0.875 bits per heavy atom. The molecular formula is C24H28N2O6. The van der Waals surface area contributed by atoms with Crippen molar-refractivity contribution in [1.29, 1.82) is 0 Å². The monoisotopic (exact) mass is 440 g/mol. The van der Waals surface area contributed by atoms with Gasteiger partial charge in [0.15, 0.2) is 11.5 Å². The lowest BCUT2D eigenvalue weighted by atomic mass is 10.0. The molecule has 0 radical (unpaired) electrons. The molecule has 170 valence electrons. The predicted molar refractivity (Wildman–Crippen MR) is 121 cm³/mol. The van der Waals surface area contributed by atoms with E-state index in [1.807, 2.05) is 6.92 Å². The van der Waals surface area contributed by atoms with Gasteiger partial charge >= 0.3 is 0 Å². The van der Waals surface area contributed by atoms with E-state index >= 15 is 0 Å². The second kappa shape index (κ2) is 10.7. The fourth-order valence-electron chi connectivity index (χ4n) is 3.44. The zero-order valence-electron chi connectivity index (χ0n) is 18.8. The van der Waals surface area contributed by atoms with Gasteiger partial charge in [-0.05, 0) is 55.3 Å². The van der Waals surface area contributed by atoms with E-state index in [4.69, 9.17) is 18.9 Å². The maximum Gasteiger partial charge on any atom is 0.278 e. The molecule has 1 aliphatic rings. The van der Waals surface area contributed by atoms with E-state index in [2.05, 4.69) is 5.32 Å². The first-order chi connectivity index (χ1) is 15.5. The van der Waals surface area contributed by atoms with Crippen LogP contribution >= 0.6 is 0 Å². The number of nitrogens with one attached hydrogen (secondary N) is 1. The molecule has 2 amide bonds. The predicted octanol–water partition coefficient (Wildman–Crippen LogP) is 3.33. The molecule has 2 aromatic carbocycles. The number of imide groups is 1. The van der Waals surface area contributed by atoms with Crippen LogP contribution in [0.25, 0.3) is 5.57 Å². The molecule has 0 fully saturated rings. The lowest BCUT2D eigenvalue weighted by molar-refractivity contribution is -0.137. The molecule has 0 atom stereocenters. The van der Waals surface area contributed by atoms with Crippen molar-refractivity contribution >= 4 is 23.1 Å². The summed E-state index contributed by atoms with van der Waals surface area (Å²) in [4.78, 5) is 27.8. The van der Waals surface area contributed by atoms with Crippen LogP contribution in [0.5, 0.6) is 17.2 Å². The molecule has 2 aromatic rings. The molecule has 0 spiro atoms. The third-order valence-corrected chi connectivity index (χ3v) is 5.07. The molecule has 0 aromatic heterocycles. The zero-order chi connectivity index (χ0) is 23.1. The average molecular weight is 440 g/mol. The molecular weight excluding hydrogens is 412 g/mol. The Kier molecular flexibility index (Phi) is 7.72. The van der Waals surface area contributed by atoms with Crippen LogP contribution in [0.3, 0.4) is 0 Å². The summed E-state index contributed by atoms with van der Waals surface area (Å²) in [5, 5.41) is 3.13. The quantitative estimate of drug-likeness (QED) is 0.424. The van der Waals surface area contributed by atoms with E-state index in [1.54, 1.807) is 49.6 Å². The van der Waals surface area contributed by atoms with Gasteiger partial charge in [-0.2, -0.15) is 0 Å². The van der Waals surface area contributed by atoms with E-state index < -0.39 is 0 Å². The number of carbonyl (C=O) groups excluding carboxylic acids is 2. The molecule has 32 heavy (non-hydrogen) atoms. The number of methoxy groups -OCH3 is 3. The average Bonchev–Trinajstić information content (AvgIpc) is 3.05. The van der Waals surface area contributed by atoms with Gasteiger partial charge in [-0.1, -0.05) is 6.07 Å². The Hall–Kier alpha value is -3.52. The second-order valence-corrected chi connectivity index (χ2v) is 6.99. The second-order valence-electron chi connectivity index (χ2n) is 6.99. The molecule has 1 aliphatic heterocycles. The first-order valence-corrected chi connectivity index (χ1v) is 10.4. The molecule has 0 aliphatic carbocycles. The number of rotatable bonds is 11. The summed E-state index contributed by atoms with van der Waals surface area (Å²) in [5.41, 5.74) is 1.72. The highest BCUT2D eigenvalue weighted by Crippen LogP contribution is 2.35. The van der Waals surface area contributed by atoms with Crippen LogP contribution < -0.4 is 19.5 Å². The first-order valence-electron chi connectivity index (χ1n) is 10.4. The summed E-state index contributed by atoms with van der Waals surface area (Å²) < 4.78 is 21.2. The lowest BCUT2D eigenvalue weighted by Gasteiger charge is -2.15. The zero-order valence-corrected chi connectivity index (χ0v) is 18.8. The summed E-state index contributed by atoms with van der Waals surface area (Å²) >= 11 is 0. The normalized spacial score (nSPS) is 13.6. The summed E-state index contributed by atoms with van der Waals surface area (Å²) in [6.45, 7) is 3.23. The first kappa shape index (κ1) is 23.1. The molecule has 3 rings (SSSR count).